The largest absolute Gasteiger partial charge is 0.507 e. The molecule has 0 fully saturated rings. The second-order valence-corrected chi connectivity index (χ2v) is 8.45. The van der Waals surface area contributed by atoms with Crippen molar-refractivity contribution in [2.24, 2.45) is 4.99 Å². The molecule has 0 aromatic heterocycles. The van der Waals surface area contributed by atoms with Gasteiger partial charge in [-0.15, -0.1) is 11.8 Å². The molecule has 0 aliphatic heterocycles. The zero-order valence-corrected chi connectivity index (χ0v) is 18.1. The highest BCUT2D eigenvalue weighted by molar-refractivity contribution is 7.99. The third kappa shape index (κ3) is 8.97. The summed E-state index contributed by atoms with van der Waals surface area (Å²) in [6.45, 7) is 2.27. The summed E-state index contributed by atoms with van der Waals surface area (Å²) in [6.07, 6.45) is 15.5. The molecule has 2 rings (SSSR count). The maximum Gasteiger partial charge on any atom is 0.124 e. The number of phenolic OH excluding ortho intramolecular Hbond substituents is 1. The molecule has 2 aromatic carbocycles. The lowest BCUT2D eigenvalue weighted by Gasteiger charge is -2.06. The predicted molar refractivity (Wildman–Crippen MR) is 124 cm³/mol. The van der Waals surface area contributed by atoms with Gasteiger partial charge in [0.05, 0.1) is 5.69 Å². The molecule has 28 heavy (non-hydrogen) atoms. The van der Waals surface area contributed by atoms with E-state index in [4.69, 9.17) is 0 Å². The number of phenols is 1. The Labute approximate surface area is 175 Å². The zero-order chi connectivity index (χ0) is 19.9. The molecular formula is C25H35NOS. The van der Waals surface area contributed by atoms with Crippen LogP contribution < -0.4 is 0 Å². The second-order valence-electron chi connectivity index (χ2n) is 7.32. The summed E-state index contributed by atoms with van der Waals surface area (Å²) in [5.74, 6) is 1.40. The van der Waals surface area contributed by atoms with E-state index in [1.54, 1.807) is 12.3 Å². The molecule has 0 heterocycles. The van der Waals surface area contributed by atoms with E-state index in [2.05, 4.69) is 24.0 Å². The standard InChI is InChI=1S/C25H35NOS/c1-2-3-4-5-6-7-8-9-10-15-20-28-25-19-14-12-17-23(25)26-21-22-16-11-13-18-24(22)27/h11-14,16-19,21,27H,2-10,15,20H2,1H3/b26-21-. The SMILES string of the molecule is CCCCCCCCCCCCSc1ccccc1/N=C\c1ccccc1O. The van der Waals surface area contributed by atoms with Crippen molar-refractivity contribution >= 4 is 23.7 Å². The van der Waals surface area contributed by atoms with Crippen LogP contribution in [0.15, 0.2) is 58.4 Å². The van der Waals surface area contributed by atoms with Gasteiger partial charge in [-0.3, -0.25) is 4.99 Å². The topological polar surface area (TPSA) is 32.6 Å². The maximum atomic E-state index is 9.88. The van der Waals surface area contributed by atoms with Crippen LogP contribution in [-0.4, -0.2) is 17.1 Å². The van der Waals surface area contributed by atoms with E-state index in [1.807, 2.05) is 42.1 Å². The molecule has 1 N–H and O–H groups in total. The lowest BCUT2D eigenvalue weighted by atomic mass is 10.1. The van der Waals surface area contributed by atoms with Crippen molar-refractivity contribution in [3.63, 3.8) is 0 Å². The van der Waals surface area contributed by atoms with Crippen LogP contribution in [0.25, 0.3) is 0 Å². The van der Waals surface area contributed by atoms with Gasteiger partial charge in [-0.1, -0.05) is 89.0 Å². The first-order valence-corrected chi connectivity index (χ1v) is 11.8. The van der Waals surface area contributed by atoms with Gasteiger partial charge in [-0.25, -0.2) is 0 Å². The fourth-order valence-corrected chi connectivity index (χ4v) is 4.21. The molecule has 0 radical (unpaired) electrons. The van der Waals surface area contributed by atoms with Crippen LogP contribution in [0.2, 0.25) is 0 Å². The van der Waals surface area contributed by atoms with Gasteiger partial charge in [0.25, 0.3) is 0 Å². The Balaban J connectivity index is 1.66. The normalized spacial score (nSPS) is 11.3. The number of aliphatic imine (C=N–C) groups is 1. The Hall–Kier alpha value is -1.74. The Morgan fingerprint density at radius 3 is 2.11 bits per heavy atom. The maximum absolute atomic E-state index is 9.88. The van der Waals surface area contributed by atoms with Crippen LogP contribution >= 0.6 is 11.8 Å². The molecule has 0 atom stereocenters. The molecule has 0 unspecified atom stereocenters. The molecule has 0 aliphatic carbocycles. The van der Waals surface area contributed by atoms with Crippen LogP contribution in [-0.2, 0) is 0 Å². The number of para-hydroxylation sites is 2. The van der Waals surface area contributed by atoms with E-state index in [0.717, 1.165) is 17.0 Å². The zero-order valence-electron chi connectivity index (χ0n) is 17.3. The van der Waals surface area contributed by atoms with Crippen molar-refractivity contribution in [2.75, 3.05) is 5.75 Å². The molecule has 3 heteroatoms. The summed E-state index contributed by atoms with van der Waals surface area (Å²) in [6, 6.07) is 15.6. The van der Waals surface area contributed by atoms with Gasteiger partial charge in [-0.05, 0) is 36.4 Å². The molecule has 0 aliphatic rings. The number of rotatable bonds is 14. The van der Waals surface area contributed by atoms with E-state index >= 15 is 0 Å². The summed E-state index contributed by atoms with van der Waals surface area (Å²) in [4.78, 5) is 5.81. The van der Waals surface area contributed by atoms with Crippen LogP contribution in [0.1, 0.15) is 76.7 Å². The Kier molecular flexibility index (Phi) is 11.5. The van der Waals surface area contributed by atoms with Crippen molar-refractivity contribution in [3.05, 3.63) is 54.1 Å². The summed E-state index contributed by atoms with van der Waals surface area (Å²) in [7, 11) is 0. The van der Waals surface area contributed by atoms with Crippen molar-refractivity contribution in [1.29, 1.82) is 0 Å². The quantitative estimate of drug-likeness (QED) is 0.198. The summed E-state index contributed by atoms with van der Waals surface area (Å²) in [5, 5.41) is 9.88. The fourth-order valence-electron chi connectivity index (χ4n) is 3.19. The van der Waals surface area contributed by atoms with Crippen LogP contribution in [0.5, 0.6) is 5.75 Å². The van der Waals surface area contributed by atoms with E-state index in [-0.39, 0.29) is 5.75 Å². The smallest absolute Gasteiger partial charge is 0.124 e. The highest BCUT2D eigenvalue weighted by atomic mass is 32.2. The fraction of sp³-hybridized carbons (Fsp3) is 0.480. The molecule has 2 aromatic rings. The number of nitrogens with zero attached hydrogens (tertiary/aromatic N) is 1. The van der Waals surface area contributed by atoms with Crippen molar-refractivity contribution < 1.29 is 5.11 Å². The van der Waals surface area contributed by atoms with E-state index in [0.29, 0.717) is 0 Å². The number of aromatic hydroxyl groups is 1. The van der Waals surface area contributed by atoms with Gasteiger partial charge in [0.2, 0.25) is 0 Å². The summed E-state index contributed by atoms with van der Waals surface area (Å²) >= 11 is 1.89. The molecule has 0 saturated heterocycles. The van der Waals surface area contributed by atoms with Crippen LogP contribution in [0, 0.1) is 0 Å². The molecule has 2 nitrogen and oxygen atoms in total. The average Bonchev–Trinajstić information content (AvgIpc) is 2.72. The highest BCUT2D eigenvalue weighted by Gasteiger charge is 2.02. The van der Waals surface area contributed by atoms with Gasteiger partial charge in [0, 0.05) is 16.7 Å². The molecule has 0 spiro atoms. The van der Waals surface area contributed by atoms with Crippen molar-refractivity contribution in [1.82, 2.24) is 0 Å². The van der Waals surface area contributed by atoms with Gasteiger partial charge in [0.1, 0.15) is 5.75 Å². The third-order valence-corrected chi connectivity index (χ3v) is 6.05. The monoisotopic (exact) mass is 397 g/mol. The Morgan fingerprint density at radius 1 is 0.786 bits per heavy atom. The van der Waals surface area contributed by atoms with Crippen LogP contribution in [0.3, 0.4) is 0 Å². The number of hydrogen-bond acceptors (Lipinski definition) is 3. The van der Waals surface area contributed by atoms with E-state index in [9.17, 15) is 5.11 Å². The number of hydrogen-bond donors (Lipinski definition) is 1. The van der Waals surface area contributed by atoms with Gasteiger partial charge in [0.15, 0.2) is 0 Å². The number of unbranched alkanes of at least 4 members (excludes halogenated alkanes) is 9. The van der Waals surface area contributed by atoms with Gasteiger partial charge < -0.3 is 5.11 Å². The van der Waals surface area contributed by atoms with Crippen LogP contribution in [0.4, 0.5) is 5.69 Å². The molecule has 0 saturated carbocycles. The first-order valence-electron chi connectivity index (χ1n) is 10.8. The molecule has 0 bridgehead atoms. The van der Waals surface area contributed by atoms with E-state index < -0.39 is 0 Å². The minimum Gasteiger partial charge on any atom is -0.507 e. The van der Waals surface area contributed by atoms with E-state index in [1.165, 1.54) is 69.1 Å². The summed E-state index contributed by atoms with van der Waals surface area (Å²) in [5.41, 5.74) is 1.72. The number of thioether (sulfide) groups is 1. The van der Waals surface area contributed by atoms with Crippen molar-refractivity contribution in [2.45, 2.75) is 76.0 Å². The minimum atomic E-state index is 0.266. The van der Waals surface area contributed by atoms with Crippen molar-refractivity contribution in [3.8, 4) is 5.75 Å². The van der Waals surface area contributed by atoms with Gasteiger partial charge >= 0.3 is 0 Å². The number of benzene rings is 2. The average molecular weight is 398 g/mol. The Morgan fingerprint density at radius 2 is 1.39 bits per heavy atom. The molecular weight excluding hydrogens is 362 g/mol. The lowest BCUT2D eigenvalue weighted by Crippen LogP contribution is -1.85. The van der Waals surface area contributed by atoms with Gasteiger partial charge in [-0.2, -0.15) is 0 Å². The first-order chi connectivity index (χ1) is 13.8. The predicted octanol–water partition coefficient (Wildman–Crippen LogP) is 8.16. The minimum absolute atomic E-state index is 0.266. The second kappa shape index (κ2) is 14.3. The third-order valence-electron chi connectivity index (χ3n) is 4.90. The molecule has 0 amide bonds. The Bertz CT molecular complexity index is 698. The highest BCUT2D eigenvalue weighted by Crippen LogP contribution is 2.30. The molecule has 152 valence electrons. The summed E-state index contributed by atoms with van der Waals surface area (Å²) < 4.78 is 0. The first kappa shape index (κ1) is 22.5. The lowest BCUT2D eigenvalue weighted by molar-refractivity contribution is 0.474.